The van der Waals surface area contributed by atoms with E-state index in [-0.39, 0.29) is 5.57 Å². The van der Waals surface area contributed by atoms with Crippen LogP contribution in [0.4, 0.5) is 0 Å². The SMILES string of the molecule is COC(=O)C(C(=O)OC)=C(/C=C/N(C)C)N(C)C. The van der Waals surface area contributed by atoms with Gasteiger partial charge >= 0.3 is 11.9 Å². The Morgan fingerprint density at radius 2 is 1.39 bits per heavy atom. The highest BCUT2D eigenvalue weighted by molar-refractivity contribution is 6.14. The molecule has 0 unspecified atom stereocenters. The quantitative estimate of drug-likeness (QED) is 0.231. The molecule has 0 amide bonds. The summed E-state index contributed by atoms with van der Waals surface area (Å²) in [4.78, 5) is 26.7. The topological polar surface area (TPSA) is 59.1 Å². The summed E-state index contributed by atoms with van der Waals surface area (Å²) in [5.41, 5.74) is 0.283. The Bertz CT molecular complexity index is 352. The fourth-order valence-corrected chi connectivity index (χ4v) is 1.17. The van der Waals surface area contributed by atoms with Gasteiger partial charge in [-0.1, -0.05) is 0 Å². The minimum Gasteiger partial charge on any atom is -0.465 e. The third-order valence-electron chi connectivity index (χ3n) is 2.05. The van der Waals surface area contributed by atoms with Crippen molar-refractivity contribution in [1.82, 2.24) is 9.80 Å². The lowest BCUT2D eigenvalue weighted by molar-refractivity contribution is -0.144. The van der Waals surface area contributed by atoms with Gasteiger partial charge in [0, 0.05) is 34.4 Å². The third kappa shape index (κ3) is 4.48. The van der Waals surface area contributed by atoms with Gasteiger partial charge in [0.2, 0.25) is 0 Å². The Kier molecular flexibility index (Phi) is 6.56. The maximum absolute atomic E-state index is 11.6. The van der Waals surface area contributed by atoms with Crippen molar-refractivity contribution in [3.63, 3.8) is 0 Å². The highest BCUT2D eigenvalue weighted by atomic mass is 16.5. The van der Waals surface area contributed by atoms with Crippen LogP contribution in [-0.4, -0.2) is 64.1 Å². The summed E-state index contributed by atoms with van der Waals surface area (Å²) in [5, 5.41) is 0. The summed E-state index contributed by atoms with van der Waals surface area (Å²) in [6.45, 7) is 0. The molecule has 0 aliphatic heterocycles. The first-order valence-electron chi connectivity index (χ1n) is 5.28. The summed E-state index contributed by atoms with van der Waals surface area (Å²) in [5.74, 6) is -1.46. The van der Waals surface area contributed by atoms with E-state index in [0.29, 0.717) is 5.70 Å². The number of likely N-dealkylation sites (N-methyl/N-ethyl adjacent to an activating group) is 1. The van der Waals surface area contributed by atoms with Crippen molar-refractivity contribution in [2.45, 2.75) is 0 Å². The predicted molar refractivity (Wildman–Crippen MR) is 67.6 cm³/mol. The second-order valence-electron chi connectivity index (χ2n) is 3.92. The monoisotopic (exact) mass is 256 g/mol. The van der Waals surface area contributed by atoms with E-state index in [9.17, 15) is 9.59 Å². The normalized spacial score (nSPS) is 9.89. The highest BCUT2D eigenvalue weighted by Crippen LogP contribution is 2.13. The van der Waals surface area contributed by atoms with Crippen LogP contribution < -0.4 is 0 Å². The molecule has 0 aliphatic carbocycles. The molecule has 0 atom stereocenters. The molecule has 0 aromatic carbocycles. The van der Waals surface area contributed by atoms with Gasteiger partial charge in [-0.15, -0.1) is 0 Å². The number of allylic oxidation sites excluding steroid dienone is 1. The van der Waals surface area contributed by atoms with Crippen molar-refractivity contribution in [2.75, 3.05) is 42.4 Å². The van der Waals surface area contributed by atoms with Gasteiger partial charge in [-0.05, 0) is 6.08 Å². The molecule has 0 saturated heterocycles. The first-order chi connectivity index (χ1) is 8.34. The standard InChI is InChI=1S/C12H20N2O4/c1-13(2)8-7-9(14(3)4)10(11(15)17-5)12(16)18-6/h7-8H,1-6H3/b8-7+. The maximum atomic E-state index is 11.6. The highest BCUT2D eigenvalue weighted by Gasteiger charge is 2.25. The van der Waals surface area contributed by atoms with Crippen LogP contribution in [-0.2, 0) is 19.1 Å². The van der Waals surface area contributed by atoms with E-state index in [1.54, 1.807) is 36.2 Å². The number of hydrogen-bond donors (Lipinski definition) is 0. The molecule has 0 aromatic rings. The molecule has 6 heteroatoms. The average Bonchev–Trinajstić information content (AvgIpc) is 2.31. The zero-order chi connectivity index (χ0) is 14.3. The first-order valence-corrected chi connectivity index (χ1v) is 5.28. The van der Waals surface area contributed by atoms with E-state index in [1.165, 1.54) is 14.2 Å². The molecule has 0 radical (unpaired) electrons. The molecule has 0 saturated carbocycles. The summed E-state index contributed by atoms with van der Waals surface area (Å²) < 4.78 is 9.20. The van der Waals surface area contributed by atoms with Crippen molar-refractivity contribution >= 4 is 11.9 Å². The third-order valence-corrected chi connectivity index (χ3v) is 2.05. The molecular weight excluding hydrogens is 236 g/mol. The zero-order valence-corrected chi connectivity index (χ0v) is 11.7. The van der Waals surface area contributed by atoms with Gasteiger partial charge in [-0.2, -0.15) is 0 Å². The minimum atomic E-state index is -0.728. The molecular formula is C12H20N2O4. The molecule has 0 spiro atoms. The Labute approximate surface area is 107 Å². The van der Waals surface area contributed by atoms with Crippen LogP contribution in [0, 0.1) is 0 Å². The summed E-state index contributed by atoms with van der Waals surface area (Å²) >= 11 is 0. The molecule has 0 aliphatic rings. The van der Waals surface area contributed by atoms with Crippen LogP contribution in [0.15, 0.2) is 23.5 Å². The second-order valence-corrected chi connectivity index (χ2v) is 3.92. The lowest BCUT2D eigenvalue weighted by atomic mass is 10.2. The molecule has 0 N–H and O–H groups in total. The van der Waals surface area contributed by atoms with Gasteiger partial charge in [0.15, 0.2) is 5.57 Å². The van der Waals surface area contributed by atoms with E-state index in [2.05, 4.69) is 9.47 Å². The molecule has 18 heavy (non-hydrogen) atoms. The molecule has 0 fully saturated rings. The van der Waals surface area contributed by atoms with E-state index in [0.717, 1.165) is 0 Å². The number of carbonyl (C=O) groups is 2. The number of rotatable bonds is 5. The number of methoxy groups -OCH3 is 2. The number of carbonyl (C=O) groups excluding carboxylic acids is 2. The zero-order valence-electron chi connectivity index (χ0n) is 11.7. The molecule has 0 rings (SSSR count). The van der Waals surface area contributed by atoms with Gasteiger partial charge in [-0.25, -0.2) is 9.59 Å². The van der Waals surface area contributed by atoms with Crippen LogP contribution >= 0.6 is 0 Å². The molecule has 0 heterocycles. The van der Waals surface area contributed by atoms with Crippen LogP contribution in [0.2, 0.25) is 0 Å². The first kappa shape index (κ1) is 16.0. The summed E-state index contributed by atoms with van der Waals surface area (Å²) in [6.07, 6.45) is 3.37. The van der Waals surface area contributed by atoms with E-state index in [4.69, 9.17) is 0 Å². The number of esters is 2. The summed E-state index contributed by atoms with van der Waals surface area (Å²) in [7, 11) is 9.55. The molecule has 6 nitrogen and oxygen atoms in total. The predicted octanol–water partition coefficient (Wildman–Crippen LogP) is 0.223. The Morgan fingerprint density at radius 1 is 0.944 bits per heavy atom. The van der Waals surface area contributed by atoms with Crippen molar-refractivity contribution < 1.29 is 19.1 Å². The molecule has 0 bridgehead atoms. The summed E-state index contributed by atoms with van der Waals surface area (Å²) in [6, 6.07) is 0. The maximum Gasteiger partial charge on any atom is 0.347 e. The fraction of sp³-hybridized carbons (Fsp3) is 0.500. The van der Waals surface area contributed by atoms with E-state index < -0.39 is 11.9 Å². The van der Waals surface area contributed by atoms with Crippen molar-refractivity contribution in [3.05, 3.63) is 23.5 Å². The van der Waals surface area contributed by atoms with Crippen molar-refractivity contribution in [1.29, 1.82) is 0 Å². The van der Waals surface area contributed by atoms with Gasteiger partial charge in [0.05, 0.1) is 19.9 Å². The van der Waals surface area contributed by atoms with E-state index >= 15 is 0 Å². The van der Waals surface area contributed by atoms with Crippen LogP contribution in [0.25, 0.3) is 0 Å². The Morgan fingerprint density at radius 3 is 1.67 bits per heavy atom. The van der Waals surface area contributed by atoms with Gasteiger partial charge < -0.3 is 19.3 Å². The number of nitrogens with zero attached hydrogens (tertiary/aromatic N) is 2. The van der Waals surface area contributed by atoms with Crippen LogP contribution in [0.3, 0.4) is 0 Å². The minimum absolute atomic E-state index is 0.136. The fourth-order valence-electron chi connectivity index (χ4n) is 1.17. The van der Waals surface area contributed by atoms with Gasteiger partial charge in [0.1, 0.15) is 0 Å². The Hall–Kier alpha value is -1.98. The Balaban J connectivity index is 5.70. The van der Waals surface area contributed by atoms with E-state index in [1.807, 2.05) is 14.1 Å². The molecule has 0 aromatic heterocycles. The van der Waals surface area contributed by atoms with Gasteiger partial charge in [0.25, 0.3) is 0 Å². The largest absolute Gasteiger partial charge is 0.465 e. The van der Waals surface area contributed by atoms with Crippen molar-refractivity contribution in [2.24, 2.45) is 0 Å². The number of ether oxygens (including phenoxy) is 2. The molecule has 102 valence electrons. The lowest BCUT2D eigenvalue weighted by Gasteiger charge is -2.18. The average molecular weight is 256 g/mol. The smallest absolute Gasteiger partial charge is 0.347 e. The van der Waals surface area contributed by atoms with Gasteiger partial charge in [-0.3, -0.25) is 0 Å². The second kappa shape index (κ2) is 7.37. The van der Waals surface area contributed by atoms with Crippen LogP contribution in [0.5, 0.6) is 0 Å². The number of hydrogen-bond acceptors (Lipinski definition) is 6. The van der Waals surface area contributed by atoms with Crippen molar-refractivity contribution in [3.8, 4) is 0 Å². The lowest BCUT2D eigenvalue weighted by Crippen LogP contribution is -2.23. The van der Waals surface area contributed by atoms with Crippen LogP contribution in [0.1, 0.15) is 0 Å².